The van der Waals surface area contributed by atoms with Gasteiger partial charge in [-0.15, -0.1) is 0 Å². The number of nitrogens with one attached hydrogen (secondary N) is 2. The Hall–Kier alpha value is -3.41. The van der Waals surface area contributed by atoms with Gasteiger partial charge in [-0.2, -0.15) is 4.98 Å². The van der Waals surface area contributed by atoms with Gasteiger partial charge in [0.1, 0.15) is 5.82 Å². The molecule has 2 aromatic carbocycles. The summed E-state index contributed by atoms with van der Waals surface area (Å²) >= 11 is 0. The Balaban J connectivity index is 1.77. The van der Waals surface area contributed by atoms with Crippen molar-refractivity contribution in [1.82, 2.24) is 9.97 Å². The molecule has 3 rings (SSSR count). The lowest BCUT2D eigenvalue weighted by molar-refractivity contribution is 0.0697. The number of aromatic nitrogens is 2. The maximum Gasteiger partial charge on any atom is 0.335 e. The molecule has 3 aromatic rings. The summed E-state index contributed by atoms with van der Waals surface area (Å²) in [7, 11) is 0. The van der Waals surface area contributed by atoms with Crippen LogP contribution in [0.5, 0.6) is 0 Å². The van der Waals surface area contributed by atoms with Gasteiger partial charge in [0.05, 0.1) is 5.56 Å². The summed E-state index contributed by atoms with van der Waals surface area (Å²) in [6.07, 6.45) is 1.63. The van der Waals surface area contributed by atoms with Gasteiger partial charge in [0.2, 0.25) is 5.95 Å². The van der Waals surface area contributed by atoms with Crippen LogP contribution in [0.15, 0.2) is 66.9 Å². The van der Waals surface area contributed by atoms with E-state index in [1.165, 1.54) is 6.07 Å². The molecule has 0 saturated carbocycles. The summed E-state index contributed by atoms with van der Waals surface area (Å²) in [6.45, 7) is 0. The van der Waals surface area contributed by atoms with Crippen LogP contribution in [0.25, 0.3) is 0 Å². The van der Waals surface area contributed by atoms with E-state index in [9.17, 15) is 4.79 Å². The summed E-state index contributed by atoms with van der Waals surface area (Å²) in [5.74, 6) is 0.0549. The highest BCUT2D eigenvalue weighted by Gasteiger charge is 2.05. The first kappa shape index (κ1) is 14.5. The largest absolute Gasteiger partial charge is 0.478 e. The molecule has 0 radical (unpaired) electrons. The van der Waals surface area contributed by atoms with Crippen LogP contribution in [-0.2, 0) is 0 Å². The molecule has 3 N–H and O–H groups in total. The highest BCUT2D eigenvalue weighted by Crippen LogP contribution is 2.18. The van der Waals surface area contributed by atoms with E-state index in [4.69, 9.17) is 5.11 Å². The number of anilines is 4. The molecule has 6 nitrogen and oxygen atoms in total. The zero-order valence-electron chi connectivity index (χ0n) is 12.1. The van der Waals surface area contributed by atoms with Gasteiger partial charge in [0.25, 0.3) is 0 Å². The van der Waals surface area contributed by atoms with Crippen molar-refractivity contribution in [2.45, 2.75) is 0 Å². The molecule has 0 aliphatic carbocycles. The molecule has 0 unspecified atom stereocenters. The van der Waals surface area contributed by atoms with Crippen LogP contribution < -0.4 is 10.6 Å². The summed E-state index contributed by atoms with van der Waals surface area (Å²) in [5.41, 5.74) is 1.75. The Morgan fingerprint density at radius 3 is 2.48 bits per heavy atom. The molecular weight excluding hydrogens is 292 g/mol. The van der Waals surface area contributed by atoms with Gasteiger partial charge >= 0.3 is 5.97 Å². The van der Waals surface area contributed by atoms with Gasteiger partial charge in [0.15, 0.2) is 0 Å². The van der Waals surface area contributed by atoms with E-state index >= 15 is 0 Å². The minimum absolute atomic E-state index is 0.215. The van der Waals surface area contributed by atoms with Crippen LogP contribution in [0.1, 0.15) is 10.4 Å². The standard InChI is InChI=1S/C17H14N4O2/c22-16(23)12-5-4-8-14(11-12)19-15-9-10-18-17(21-15)20-13-6-2-1-3-7-13/h1-11H,(H,22,23)(H2,18,19,20,21). The molecule has 0 spiro atoms. The molecule has 0 amide bonds. The van der Waals surface area contributed by atoms with E-state index in [0.29, 0.717) is 17.5 Å². The van der Waals surface area contributed by atoms with Gasteiger partial charge in [0, 0.05) is 17.6 Å². The Morgan fingerprint density at radius 2 is 1.70 bits per heavy atom. The summed E-state index contributed by atoms with van der Waals surface area (Å²) in [6, 6.07) is 17.9. The highest BCUT2D eigenvalue weighted by molar-refractivity contribution is 5.89. The van der Waals surface area contributed by atoms with Gasteiger partial charge < -0.3 is 15.7 Å². The number of aromatic carboxylic acids is 1. The molecule has 0 aliphatic heterocycles. The first-order valence-electron chi connectivity index (χ1n) is 6.96. The normalized spacial score (nSPS) is 10.1. The Morgan fingerprint density at radius 1 is 0.913 bits per heavy atom. The highest BCUT2D eigenvalue weighted by atomic mass is 16.4. The number of carboxylic acid groups (broad SMARTS) is 1. The van der Waals surface area contributed by atoms with Gasteiger partial charge in [-0.1, -0.05) is 24.3 Å². The van der Waals surface area contributed by atoms with Crippen LogP contribution in [-0.4, -0.2) is 21.0 Å². The van der Waals surface area contributed by atoms with Gasteiger partial charge in [-0.05, 0) is 36.4 Å². The summed E-state index contributed by atoms with van der Waals surface area (Å²) in [4.78, 5) is 19.5. The van der Waals surface area contributed by atoms with Crippen LogP contribution >= 0.6 is 0 Å². The lowest BCUT2D eigenvalue weighted by Gasteiger charge is -2.09. The van der Waals surface area contributed by atoms with Crippen LogP contribution in [0.3, 0.4) is 0 Å². The van der Waals surface area contributed by atoms with Crippen molar-refractivity contribution in [3.63, 3.8) is 0 Å². The van der Waals surface area contributed by atoms with Crippen molar-refractivity contribution in [3.05, 3.63) is 72.4 Å². The molecule has 0 saturated heterocycles. The predicted molar refractivity (Wildman–Crippen MR) is 88.4 cm³/mol. The fourth-order valence-electron chi connectivity index (χ4n) is 2.02. The Kier molecular flexibility index (Phi) is 4.15. The van der Waals surface area contributed by atoms with Crippen LogP contribution in [0.4, 0.5) is 23.1 Å². The quantitative estimate of drug-likeness (QED) is 0.667. The lowest BCUT2D eigenvalue weighted by atomic mass is 10.2. The third-order valence-corrected chi connectivity index (χ3v) is 3.07. The number of para-hydroxylation sites is 1. The first-order chi connectivity index (χ1) is 11.2. The van der Waals surface area contributed by atoms with E-state index < -0.39 is 5.97 Å². The smallest absolute Gasteiger partial charge is 0.335 e. The second-order valence-corrected chi connectivity index (χ2v) is 4.77. The van der Waals surface area contributed by atoms with Crippen LogP contribution in [0, 0.1) is 0 Å². The lowest BCUT2D eigenvalue weighted by Crippen LogP contribution is -2.01. The Labute approximate surface area is 132 Å². The minimum atomic E-state index is -0.970. The van der Waals surface area contributed by atoms with E-state index in [2.05, 4.69) is 20.6 Å². The van der Waals surface area contributed by atoms with Gasteiger partial charge in [-0.25, -0.2) is 9.78 Å². The van der Waals surface area contributed by atoms with Gasteiger partial charge in [-0.3, -0.25) is 0 Å². The third-order valence-electron chi connectivity index (χ3n) is 3.07. The number of rotatable bonds is 5. The molecule has 23 heavy (non-hydrogen) atoms. The zero-order valence-corrected chi connectivity index (χ0v) is 12.1. The predicted octanol–water partition coefficient (Wildman–Crippen LogP) is 3.66. The Bertz CT molecular complexity index is 822. The molecule has 0 bridgehead atoms. The van der Waals surface area contributed by atoms with E-state index in [-0.39, 0.29) is 5.56 Å². The molecule has 1 heterocycles. The third kappa shape index (κ3) is 3.82. The fourth-order valence-corrected chi connectivity index (χ4v) is 2.02. The zero-order chi connectivity index (χ0) is 16.1. The van der Waals surface area contributed by atoms with Crippen molar-refractivity contribution >= 4 is 29.1 Å². The fraction of sp³-hybridized carbons (Fsp3) is 0. The topological polar surface area (TPSA) is 87.1 Å². The number of carbonyl (C=O) groups is 1. The number of hydrogen-bond donors (Lipinski definition) is 3. The first-order valence-corrected chi connectivity index (χ1v) is 6.96. The number of hydrogen-bond acceptors (Lipinski definition) is 5. The second-order valence-electron chi connectivity index (χ2n) is 4.77. The number of carboxylic acids is 1. The summed E-state index contributed by atoms with van der Waals surface area (Å²) in [5, 5.41) is 15.2. The molecule has 1 aromatic heterocycles. The molecule has 114 valence electrons. The SMILES string of the molecule is O=C(O)c1cccc(Nc2ccnc(Nc3ccccc3)n2)c1. The summed E-state index contributed by atoms with van der Waals surface area (Å²) < 4.78 is 0. The average Bonchev–Trinajstić information content (AvgIpc) is 2.56. The molecule has 0 aliphatic rings. The molecule has 0 atom stereocenters. The molecule has 0 fully saturated rings. The van der Waals surface area contributed by atoms with Crippen molar-refractivity contribution < 1.29 is 9.90 Å². The number of nitrogens with zero attached hydrogens (tertiary/aromatic N) is 2. The van der Waals surface area contributed by atoms with Crippen LogP contribution in [0.2, 0.25) is 0 Å². The van der Waals surface area contributed by atoms with Crippen molar-refractivity contribution in [3.8, 4) is 0 Å². The molecular formula is C17H14N4O2. The van der Waals surface area contributed by atoms with Crippen molar-refractivity contribution in [1.29, 1.82) is 0 Å². The maximum absolute atomic E-state index is 11.0. The van der Waals surface area contributed by atoms with E-state index in [1.54, 1.807) is 30.5 Å². The number of benzene rings is 2. The van der Waals surface area contributed by atoms with Crippen molar-refractivity contribution in [2.75, 3.05) is 10.6 Å². The molecule has 6 heteroatoms. The van der Waals surface area contributed by atoms with Crippen molar-refractivity contribution in [2.24, 2.45) is 0 Å². The minimum Gasteiger partial charge on any atom is -0.478 e. The second kappa shape index (κ2) is 6.57. The average molecular weight is 306 g/mol. The van der Waals surface area contributed by atoms with E-state index in [0.717, 1.165) is 5.69 Å². The maximum atomic E-state index is 11.0. The monoisotopic (exact) mass is 306 g/mol. The van der Waals surface area contributed by atoms with E-state index in [1.807, 2.05) is 30.3 Å².